The molecule has 2 aliphatic rings. The Hall–Kier alpha value is -0.0800. The molecule has 1 aliphatic heterocycles. The molecule has 2 nitrogen and oxygen atoms in total. The van der Waals surface area contributed by atoms with Crippen molar-refractivity contribution in [2.45, 2.75) is 51.1 Å². The van der Waals surface area contributed by atoms with Gasteiger partial charge in [0.05, 0.1) is 6.61 Å². The van der Waals surface area contributed by atoms with Crippen LogP contribution in [-0.2, 0) is 4.74 Å². The van der Waals surface area contributed by atoms with Gasteiger partial charge in [0.15, 0.2) is 0 Å². The van der Waals surface area contributed by atoms with Crippen LogP contribution in [0.25, 0.3) is 0 Å². The predicted octanol–water partition coefficient (Wildman–Crippen LogP) is 1.94. The van der Waals surface area contributed by atoms with E-state index < -0.39 is 0 Å². The molecular weight excluding hydrogens is 162 g/mol. The summed E-state index contributed by atoms with van der Waals surface area (Å²) in [7, 11) is 0. The van der Waals surface area contributed by atoms with Crippen molar-refractivity contribution in [3.05, 3.63) is 0 Å². The van der Waals surface area contributed by atoms with E-state index in [4.69, 9.17) is 4.74 Å². The van der Waals surface area contributed by atoms with E-state index in [1.54, 1.807) is 0 Å². The smallest absolute Gasteiger partial charge is 0.0509 e. The number of rotatable bonds is 3. The van der Waals surface area contributed by atoms with Gasteiger partial charge in [-0.15, -0.1) is 0 Å². The largest absolute Gasteiger partial charge is 0.381 e. The highest BCUT2D eigenvalue weighted by Crippen LogP contribution is 2.22. The van der Waals surface area contributed by atoms with E-state index >= 15 is 0 Å². The van der Waals surface area contributed by atoms with Crippen LogP contribution in [0.5, 0.6) is 0 Å². The van der Waals surface area contributed by atoms with Gasteiger partial charge in [-0.05, 0) is 38.5 Å². The lowest BCUT2D eigenvalue weighted by molar-refractivity contribution is 0.0382. The van der Waals surface area contributed by atoms with Crippen LogP contribution >= 0.6 is 0 Å². The fourth-order valence-corrected chi connectivity index (χ4v) is 2.24. The Balaban J connectivity index is 1.70. The minimum Gasteiger partial charge on any atom is -0.381 e. The minimum absolute atomic E-state index is 0.658. The van der Waals surface area contributed by atoms with E-state index in [9.17, 15) is 0 Å². The van der Waals surface area contributed by atoms with E-state index in [1.807, 2.05) is 0 Å². The molecule has 0 bridgehead atoms. The summed E-state index contributed by atoms with van der Waals surface area (Å²) in [4.78, 5) is 0. The van der Waals surface area contributed by atoms with Crippen molar-refractivity contribution in [1.82, 2.24) is 5.32 Å². The SMILES string of the molecule is CC(NC1CCC1)C1CCCOC1. The van der Waals surface area contributed by atoms with Crippen molar-refractivity contribution in [2.75, 3.05) is 13.2 Å². The highest BCUT2D eigenvalue weighted by atomic mass is 16.5. The molecule has 2 rings (SSSR count). The summed E-state index contributed by atoms with van der Waals surface area (Å²) in [5, 5.41) is 3.71. The number of hydrogen-bond donors (Lipinski definition) is 1. The van der Waals surface area contributed by atoms with E-state index in [-0.39, 0.29) is 0 Å². The van der Waals surface area contributed by atoms with Crippen LogP contribution in [0.3, 0.4) is 0 Å². The van der Waals surface area contributed by atoms with Gasteiger partial charge < -0.3 is 10.1 Å². The van der Waals surface area contributed by atoms with Crippen LogP contribution in [0, 0.1) is 5.92 Å². The van der Waals surface area contributed by atoms with Crippen molar-refractivity contribution < 1.29 is 4.74 Å². The number of ether oxygens (including phenoxy) is 1. The molecule has 1 heterocycles. The maximum atomic E-state index is 5.50. The van der Waals surface area contributed by atoms with Crippen LogP contribution in [0.15, 0.2) is 0 Å². The normalized spacial score (nSPS) is 32.5. The standard InChI is InChI=1S/C11H21NO/c1-9(12-11-5-2-6-11)10-4-3-7-13-8-10/h9-12H,2-8H2,1H3. The molecule has 76 valence electrons. The molecule has 0 aromatic carbocycles. The van der Waals surface area contributed by atoms with Crippen molar-refractivity contribution >= 4 is 0 Å². The lowest BCUT2D eigenvalue weighted by Gasteiger charge is -2.35. The Morgan fingerprint density at radius 1 is 1.23 bits per heavy atom. The summed E-state index contributed by atoms with van der Waals surface area (Å²) in [5.41, 5.74) is 0. The molecule has 0 aromatic heterocycles. The number of nitrogens with one attached hydrogen (secondary N) is 1. The fraction of sp³-hybridized carbons (Fsp3) is 1.00. The van der Waals surface area contributed by atoms with E-state index in [2.05, 4.69) is 12.2 Å². The molecule has 1 N–H and O–H groups in total. The van der Waals surface area contributed by atoms with Gasteiger partial charge in [0.2, 0.25) is 0 Å². The van der Waals surface area contributed by atoms with Gasteiger partial charge in [-0.2, -0.15) is 0 Å². The van der Waals surface area contributed by atoms with Crippen molar-refractivity contribution in [2.24, 2.45) is 5.92 Å². The summed E-state index contributed by atoms with van der Waals surface area (Å²) >= 11 is 0. The molecule has 0 spiro atoms. The highest BCUT2D eigenvalue weighted by Gasteiger charge is 2.25. The molecule has 13 heavy (non-hydrogen) atoms. The second-order valence-electron chi connectivity index (χ2n) is 4.56. The zero-order valence-electron chi connectivity index (χ0n) is 8.59. The van der Waals surface area contributed by atoms with Crippen LogP contribution in [0.1, 0.15) is 39.0 Å². The third-order valence-electron chi connectivity index (χ3n) is 3.51. The summed E-state index contributed by atoms with van der Waals surface area (Å²) in [6.45, 7) is 4.27. The zero-order chi connectivity index (χ0) is 9.10. The quantitative estimate of drug-likeness (QED) is 0.722. The first-order valence-corrected chi connectivity index (χ1v) is 5.70. The average Bonchev–Trinajstić information content (AvgIpc) is 2.12. The van der Waals surface area contributed by atoms with Crippen molar-refractivity contribution in [3.63, 3.8) is 0 Å². The molecule has 2 unspecified atom stereocenters. The molecule has 1 aliphatic carbocycles. The van der Waals surface area contributed by atoms with Crippen molar-refractivity contribution in [3.8, 4) is 0 Å². The van der Waals surface area contributed by atoms with Crippen LogP contribution in [-0.4, -0.2) is 25.3 Å². The summed E-state index contributed by atoms with van der Waals surface area (Å²) in [6, 6.07) is 1.47. The third-order valence-corrected chi connectivity index (χ3v) is 3.51. The zero-order valence-corrected chi connectivity index (χ0v) is 8.59. The summed E-state index contributed by atoms with van der Waals surface area (Å²) in [6.07, 6.45) is 6.80. The van der Waals surface area contributed by atoms with E-state index in [1.165, 1.54) is 32.1 Å². The van der Waals surface area contributed by atoms with Gasteiger partial charge >= 0.3 is 0 Å². The monoisotopic (exact) mass is 183 g/mol. The highest BCUT2D eigenvalue weighted by molar-refractivity contribution is 4.83. The van der Waals surface area contributed by atoms with Gasteiger partial charge in [0.25, 0.3) is 0 Å². The number of hydrogen-bond acceptors (Lipinski definition) is 2. The van der Waals surface area contributed by atoms with Crippen molar-refractivity contribution in [1.29, 1.82) is 0 Å². The Bertz CT molecular complexity index is 150. The fourth-order valence-electron chi connectivity index (χ4n) is 2.24. The minimum atomic E-state index is 0.658. The van der Waals surface area contributed by atoms with E-state index in [0.29, 0.717) is 6.04 Å². The Labute approximate surface area is 81.0 Å². The second-order valence-corrected chi connectivity index (χ2v) is 4.56. The predicted molar refractivity (Wildman–Crippen MR) is 53.8 cm³/mol. The van der Waals surface area contributed by atoms with Gasteiger partial charge in [-0.1, -0.05) is 6.42 Å². The second kappa shape index (κ2) is 4.43. The first-order valence-electron chi connectivity index (χ1n) is 5.70. The Morgan fingerprint density at radius 3 is 2.62 bits per heavy atom. The molecule has 0 amide bonds. The van der Waals surface area contributed by atoms with Crippen LogP contribution < -0.4 is 5.32 Å². The van der Waals surface area contributed by atoms with Crippen LogP contribution in [0.2, 0.25) is 0 Å². The van der Waals surface area contributed by atoms with Crippen LogP contribution in [0.4, 0.5) is 0 Å². The molecule has 1 saturated carbocycles. The molecule has 2 heteroatoms. The average molecular weight is 183 g/mol. The lowest BCUT2D eigenvalue weighted by atomic mass is 9.89. The van der Waals surface area contributed by atoms with Gasteiger partial charge in [-0.3, -0.25) is 0 Å². The Kier molecular flexibility index (Phi) is 3.23. The summed E-state index contributed by atoms with van der Waals surface area (Å²) in [5.74, 6) is 0.759. The van der Waals surface area contributed by atoms with E-state index in [0.717, 1.165) is 25.2 Å². The molecule has 0 radical (unpaired) electrons. The maximum Gasteiger partial charge on any atom is 0.0509 e. The molecule has 0 aromatic rings. The van der Waals surface area contributed by atoms with Gasteiger partial charge in [0, 0.05) is 18.7 Å². The first-order chi connectivity index (χ1) is 6.36. The molecule has 1 saturated heterocycles. The summed E-state index contributed by atoms with van der Waals surface area (Å²) < 4.78 is 5.50. The Morgan fingerprint density at radius 2 is 2.08 bits per heavy atom. The molecule has 2 atom stereocenters. The topological polar surface area (TPSA) is 21.3 Å². The molecular formula is C11H21NO. The molecule has 2 fully saturated rings. The van der Waals surface area contributed by atoms with Gasteiger partial charge in [-0.25, -0.2) is 0 Å². The van der Waals surface area contributed by atoms with Gasteiger partial charge in [0.1, 0.15) is 0 Å². The first kappa shape index (κ1) is 9.47. The third kappa shape index (κ3) is 2.44. The lowest BCUT2D eigenvalue weighted by Crippen LogP contribution is -2.46. The maximum absolute atomic E-state index is 5.50.